The molecule has 162 valence electrons. The second-order valence-corrected chi connectivity index (χ2v) is 6.61. The fourth-order valence-corrected chi connectivity index (χ4v) is 2.64. The van der Waals surface area contributed by atoms with Gasteiger partial charge in [0.05, 0.1) is 25.7 Å². The fourth-order valence-electron chi connectivity index (χ4n) is 2.64. The summed E-state index contributed by atoms with van der Waals surface area (Å²) in [5, 5.41) is 5.41. The van der Waals surface area contributed by atoms with Crippen LogP contribution in [0.4, 0.5) is 10.5 Å². The maximum Gasteiger partial charge on any atom is 0.407 e. The summed E-state index contributed by atoms with van der Waals surface area (Å²) >= 11 is 0. The summed E-state index contributed by atoms with van der Waals surface area (Å²) in [5.41, 5.74) is 8.16. The average molecular weight is 417 g/mol. The zero-order valence-corrected chi connectivity index (χ0v) is 16.9. The molecule has 0 saturated heterocycles. The number of esters is 1. The van der Waals surface area contributed by atoms with Gasteiger partial charge in [-0.15, -0.1) is 0 Å². The van der Waals surface area contributed by atoms with Crippen molar-refractivity contribution < 1.29 is 28.3 Å². The first-order chi connectivity index (χ1) is 14.5. The number of anilines is 1. The highest BCUT2D eigenvalue weighted by molar-refractivity contribution is 5.95. The number of alkyl carbamates (subject to hydrolysis) is 1. The van der Waals surface area contributed by atoms with Crippen LogP contribution in [0.5, 0.6) is 0 Å². The Balaban J connectivity index is 1.69. The van der Waals surface area contributed by atoms with Gasteiger partial charge in [-0.1, -0.05) is 18.2 Å². The molecule has 9 heteroatoms. The number of nitrogens with two attached hydrogens (primary N) is 1. The van der Waals surface area contributed by atoms with E-state index in [0.717, 1.165) is 11.1 Å². The maximum absolute atomic E-state index is 12.4. The van der Waals surface area contributed by atoms with Gasteiger partial charge < -0.3 is 30.3 Å². The first-order valence-corrected chi connectivity index (χ1v) is 9.62. The molecule has 1 atom stereocenters. The molecule has 9 nitrogen and oxygen atoms in total. The van der Waals surface area contributed by atoms with Crippen molar-refractivity contribution in [2.75, 3.05) is 19.0 Å². The van der Waals surface area contributed by atoms with Gasteiger partial charge in [-0.3, -0.25) is 9.59 Å². The van der Waals surface area contributed by atoms with E-state index in [4.69, 9.17) is 14.9 Å². The molecule has 30 heavy (non-hydrogen) atoms. The number of aryl methyl sites for hydroxylation is 1. The van der Waals surface area contributed by atoms with E-state index in [9.17, 15) is 14.4 Å². The van der Waals surface area contributed by atoms with Gasteiger partial charge in [-0.25, -0.2) is 4.79 Å². The van der Waals surface area contributed by atoms with E-state index in [0.29, 0.717) is 31.5 Å². The van der Waals surface area contributed by atoms with E-state index >= 15 is 0 Å². The minimum absolute atomic E-state index is 0.125. The number of carbonyl (C=O) groups is 3. The lowest BCUT2D eigenvalue weighted by Crippen LogP contribution is -2.36. The van der Waals surface area contributed by atoms with E-state index in [2.05, 4.69) is 15.4 Å². The number of amides is 2. The number of methoxy groups -OCH3 is 1. The van der Waals surface area contributed by atoms with Crippen LogP contribution in [0.15, 0.2) is 47.3 Å². The van der Waals surface area contributed by atoms with Gasteiger partial charge in [0.25, 0.3) is 0 Å². The molecule has 0 aliphatic heterocycles. The van der Waals surface area contributed by atoms with Crippen LogP contribution in [0.2, 0.25) is 0 Å². The van der Waals surface area contributed by atoms with Crippen LogP contribution >= 0.6 is 0 Å². The number of benzene rings is 1. The number of hydrogen-bond donors (Lipinski definition) is 3. The van der Waals surface area contributed by atoms with Crippen molar-refractivity contribution in [2.45, 2.75) is 38.3 Å². The van der Waals surface area contributed by atoms with Crippen molar-refractivity contribution in [3.05, 3.63) is 54.0 Å². The molecule has 0 spiro atoms. The lowest BCUT2D eigenvalue weighted by atomic mass is 10.1. The van der Waals surface area contributed by atoms with Crippen molar-refractivity contribution in [2.24, 2.45) is 5.73 Å². The highest BCUT2D eigenvalue weighted by Gasteiger charge is 2.15. The van der Waals surface area contributed by atoms with Crippen molar-refractivity contribution in [1.82, 2.24) is 5.32 Å². The molecule has 2 rings (SSSR count). The average Bonchev–Trinajstić information content (AvgIpc) is 3.27. The zero-order valence-electron chi connectivity index (χ0n) is 16.9. The molecule has 0 fully saturated rings. The van der Waals surface area contributed by atoms with Crippen molar-refractivity contribution in [1.29, 1.82) is 0 Å². The number of nitrogens with one attached hydrogen (secondary N) is 2. The third-order valence-electron chi connectivity index (χ3n) is 4.35. The third kappa shape index (κ3) is 7.96. The van der Waals surface area contributed by atoms with Crippen LogP contribution < -0.4 is 16.4 Å². The summed E-state index contributed by atoms with van der Waals surface area (Å²) in [4.78, 5) is 35.3. The third-order valence-corrected chi connectivity index (χ3v) is 4.35. The maximum atomic E-state index is 12.4. The van der Waals surface area contributed by atoms with E-state index < -0.39 is 12.1 Å². The van der Waals surface area contributed by atoms with Gasteiger partial charge in [0, 0.05) is 24.2 Å². The first kappa shape index (κ1) is 23.0. The van der Waals surface area contributed by atoms with Gasteiger partial charge >= 0.3 is 12.1 Å². The van der Waals surface area contributed by atoms with Crippen molar-refractivity contribution in [3.63, 3.8) is 0 Å². The Morgan fingerprint density at radius 3 is 2.73 bits per heavy atom. The highest BCUT2D eigenvalue weighted by Crippen LogP contribution is 2.17. The van der Waals surface area contributed by atoms with Gasteiger partial charge in [0.2, 0.25) is 5.91 Å². The quantitative estimate of drug-likeness (QED) is 0.377. The minimum Gasteiger partial charge on any atom is -0.472 e. The Hall–Kier alpha value is -3.33. The molecule has 2 amide bonds. The lowest BCUT2D eigenvalue weighted by molar-refractivity contribution is -0.140. The SMILES string of the molecule is COC(=O)CCc1ccccc1NC(=O)[C@@H](N)CCCNC(=O)OCc1ccoc1. The first-order valence-electron chi connectivity index (χ1n) is 9.62. The minimum atomic E-state index is -0.734. The monoisotopic (exact) mass is 417 g/mol. The number of furan rings is 1. The molecule has 0 unspecified atom stereocenters. The van der Waals surface area contributed by atoms with Crippen molar-refractivity contribution >= 4 is 23.7 Å². The molecule has 0 aliphatic rings. The second-order valence-electron chi connectivity index (χ2n) is 6.61. The number of hydrogen-bond acceptors (Lipinski definition) is 7. The van der Waals surface area contributed by atoms with Crippen LogP contribution in [-0.4, -0.2) is 37.7 Å². The standard InChI is InChI=1S/C21H27N3O6/c1-28-19(25)9-8-16-5-2-3-7-18(16)24-20(26)17(22)6-4-11-23-21(27)30-14-15-10-12-29-13-15/h2-3,5,7,10,12-13,17H,4,6,8-9,11,14,22H2,1H3,(H,23,27)(H,24,26)/t17-/m0/s1. The lowest BCUT2D eigenvalue weighted by Gasteiger charge is -2.15. The molecular weight excluding hydrogens is 390 g/mol. The fraction of sp³-hybridized carbons (Fsp3) is 0.381. The van der Waals surface area contributed by atoms with Gasteiger partial charge in [-0.05, 0) is 37.0 Å². The largest absolute Gasteiger partial charge is 0.472 e. The summed E-state index contributed by atoms with van der Waals surface area (Å²) in [6.07, 6.45) is 4.02. The Bertz CT molecular complexity index is 822. The Labute approximate surface area is 174 Å². The molecule has 2 aromatic rings. The summed E-state index contributed by atoms with van der Waals surface area (Å²) in [5.74, 6) is -0.647. The number of para-hydroxylation sites is 1. The summed E-state index contributed by atoms with van der Waals surface area (Å²) in [6.45, 7) is 0.459. The molecule has 0 bridgehead atoms. The molecular formula is C21H27N3O6. The Morgan fingerprint density at radius 1 is 1.20 bits per heavy atom. The summed E-state index contributed by atoms with van der Waals surface area (Å²) < 4.78 is 14.6. The van der Waals surface area contributed by atoms with Crippen LogP contribution in [0.25, 0.3) is 0 Å². The smallest absolute Gasteiger partial charge is 0.407 e. The van der Waals surface area contributed by atoms with Gasteiger partial charge in [0.15, 0.2) is 0 Å². The molecule has 1 aromatic carbocycles. The summed E-state index contributed by atoms with van der Waals surface area (Å²) in [6, 6.07) is 8.19. The zero-order chi connectivity index (χ0) is 21.8. The van der Waals surface area contributed by atoms with Crippen molar-refractivity contribution in [3.8, 4) is 0 Å². The van der Waals surface area contributed by atoms with Crippen LogP contribution in [0.3, 0.4) is 0 Å². The molecule has 4 N–H and O–H groups in total. The Kier molecular flexibility index (Phi) is 9.39. The highest BCUT2D eigenvalue weighted by atomic mass is 16.5. The summed E-state index contributed by atoms with van der Waals surface area (Å²) in [7, 11) is 1.34. The van der Waals surface area contributed by atoms with Crippen LogP contribution in [-0.2, 0) is 32.1 Å². The molecule has 0 radical (unpaired) electrons. The number of carbonyl (C=O) groups excluding carboxylic acids is 3. The molecule has 1 aromatic heterocycles. The van der Waals surface area contributed by atoms with Crippen LogP contribution in [0.1, 0.15) is 30.4 Å². The number of rotatable bonds is 11. The van der Waals surface area contributed by atoms with E-state index in [1.807, 2.05) is 12.1 Å². The predicted molar refractivity (Wildman–Crippen MR) is 110 cm³/mol. The topological polar surface area (TPSA) is 133 Å². The predicted octanol–water partition coefficient (Wildman–Crippen LogP) is 2.36. The van der Waals surface area contributed by atoms with E-state index in [1.165, 1.54) is 19.6 Å². The number of ether oxygens (including phenoxy) is 2. The van der Waals surface area contributed by atoms with E-state index in [-0.39, 0.29) is 24.9 Å². The molecule has 0 aliphatic carbocycles. The van der Waals surface area contributed by atoms with Gasteiger partial charge in [0.1, 0.15) is 6.61 Å². The normalized spacial score (nSPS) is 11.4. The second kappa shape index (κ2) is 12.3. The molecule has 1 heterocycles. The van der Waals surface area contributed by atoms with E-state index in [1.54, 1.807) is 18.2 Å². The van der Waals surface area contributed by atoms with Crippen LogP contribution in [0, 0.1) is 0 Å². The molecule has 0 saturated carbocycles. The van der Waals surface area contributed by atoms with Gasteiger partial charge in [-0.2, -0.15) is 0 Å². The Morgan fingerprint density at radius 2 is 2.00 bits per heavy atom.